The Balaban J connectivity index is 2.62. The average Bonchev–Trinajstić information content (AvgIpc) is 2.62. The summed E-state index contributed by atoms with van der Waals surface area (Å²) >= 11 is 16.8. The number of carbonyl (C=O) groups excluding carboxylic acids is 3. The Kier molecular flexibility index (Phi) is 10.3. The zero-order chi connectivity index (χ0) is 21.5. The van der Waals surface area contributed by atoms with Crippen molar-refractivity contribution in [3.63, 3.8) is 0 Å². The van der Waals surface area contributed by atoms with Crippen molar-refractivity contribution in [3.8, 4) is 0 Å². The number of hydrogen-bond acceptors (Lipinski definition) is 5. The molecule has 2 amide bonds. The minimum atomic E-state index is -1.69. The molecule has 0 bridgehead atoms. The summed E-state index contributed by atoms with van der Waals surface area (Å²) in [5.41, 5.74) is 2.85. The van der Waals surface area contributed by atoms with Crippen LogP contribution in [0.25, 0.3) is 0 Å². The highest BCUT2D eigenvalue weighted by molar-refractivity contribution is 6.67. The fourth-order valence-electron chi connectivity index (χ4n) is 3.06. The molecule has 0 radical (unpaired) electrons. The molecule has 10 heteroatoms. The highest BCUT2D eigenvalue weighted by Crippen LogP contribution is 2.26. The first kappa shape index (κ1) is 25.3. The van der Waals surface area contributed by atoms with Crippen molar-refractivity contribution in [3.05, 3.63) is 0 Å². The lowest BCUT2D eigenvalue weighted by atomic mass is 9.90. The molecule has 1 rings (SSSR count). The van der Waals surface area contributed by atoms with E-state index in [4.69, 9.17) is 39.5 Å². The monoisotopic (exact) mass is 457 g/mol. The van der Waals surface area contributed by atoms with Crippen LogP contribution in [0.4, 0.5) is 0 Å². The molecule has 0 spiro atoms. The largest absolute Gasteiger partial charge is 0.460 e. The molecule has 1 aliphatic heterocycles. The average molecular weight is 459 g/mol. The van der Waals surface area contributed by atoms with Gasteiger partial charge in [0.1, 0.15) is 18.7 Å². The van der Waals surface area contributed by atoms with E-state index in [0.29, 0.717) is 19.4 Å². The van der Waals surface area contributed by atoms with Crippen LogP contribution in [-0.4, -0.2) is 51.8 Å². The van der Waals surface area contributed by atoms with Gasteiger partial charge in [-0.2, -0.15) is 0 Å². The van der Waals surface area contributed by atoms with Crippen LogP contribution in [0.15, 0.2) is 0 Å². The smallest absolute Gasteiger partial charge is 0.325 e. The van der Waals surface area contributed by atoms with E-state index in [2.05, 4.69) is 10.7 Å². The molecule has 28 heavy (non-hydrogen) atoms. The summed E-state index contributed by atoms with van der Waals surface area (Å²) in [7, 11) is 0. The number of ether oxygens (including phenoxy) is 1. The van der Waals surface area contributed by atoms with Crippen molar-refractivity contribution < 1.29 is 19.1 Å². The standard InChI is InChI=1S/C18H30Cl3N3O4/c1-5-7-13(11(2)3)15(25)22-12(4)16(26)24-9-6-8-14(23-24)17(27)28-10-18(19,20)21/h11-14,23H,5-10H2,1-4H3,(H,22,25)/t12-,13-,14-/m0/s1. The number of alkyl halides is 3. The van der Waals surface area contributed by atoms with Gasteiger partial charge in [-0.05, 0) is 32.1 Å². The Bertz CT molecular complexity index is 555. The minimum absolute atomic E-state index is 0.131. The van der Waals surface area contributed by atoms with Gasteiger partial charge in [0.2, 0.25) is 9.70 Å². The molecule has 0 aromatic heterocycles. The zero-order valence-corrected chi connectivity index (χ0v) is 19.0. The second-order valence-corrected chi connectivity index (χ2v) is 9.92. The first-order valence-corrected chi connectivity index (χ1v) is 10.7. The molecule has 1 fully saturated rings. The quantitative estimate of drug-likeness (QED) is 0.431. The van der Waals surface area contributed by atoms with Gasteiger partial charge < -0.3 is 10.1 Å². The van der Waals surface area contributed by atoms with Crippen LogP contribution in [-0.2, 0) is 19.1 Å². The molecule has 1 saturated heterocycles. The Morgan fingerprint density at radius 3 is 2.43 bits per heavy atom. The summed E-state index contributed by atoms with van der Waals surface area (Å²) < 4.78 is 3.29. The number of hydrazine groups is 1. The molecular weight excluding hydrogens is 429 g/mol. The first-order chi connectivity index (χ1) is 13.0. The Morgan fingerprint density at radius 1 is 1.25 bits per heavy atom. The van der Waals surface area contributed by atoms with Gasteiger partial charge in [-0.15, -0.1) is 0 Å². The number of rotatable bonds is 8. The lowest BCUT2D eigenvalue weighted by Crippen LogP contribution is -2.59. The van der Waals surface area contributed by atoms with Gasteiger partial charge >= 0.3 is 5.97 Å². The fraction of sp³-hybridized carbons (Fsp3) is 0.833. The first-order valence-electron chi connectivity index (χ1n) is 9.57. The maximum absolute atomic E-state index is 12.7. The molecule has 2 N–H and O–H groups in total. The Hall–Kier alpha value is -0.760. The van der Waals surface area contributed by atoms with Crippen molar-refractivity contribution in [2.45, 2.75) is 69.3 Å². The lowest BCUT2D eigenvalue weighted by Gasteiger charge is -2.34. The van der Waals surface area contributed by atoms with Crippen LogP contribution < -0.4 is 10.7 Å². The Morgan fingerprint density at radius 2 is 1.89 bits per heavy atom. The molecule has 1 aliphatic rings. The summed E-state index contributed by atoms with van der Waals surface area (Å²) in [6.45, 7) is 7.70. The van der Waals surface area contributed by atoms with Gasteiger partial charge in [-0.25, -0.2) is 5.43 Å². The predicted octanol–water partition coefficient (Wildman–Crippen LogP) is 2.97. The molecule has 162 valence electrons. The number of amides is 2. The fourth-order valence-corrected chi connectivity index (χ4v) is 3.23. The maximum Gasteiger partial charge on any atom is 0.325 e. The number of halogens is 3. The van der Waals surface area contributed by atoms with E-state index in [1.54, 1.807) is 6.92 Å². The molecule has 0 aliphatic carbocycles. The molecule has 7 nitrogen and oxygen atoms in total. The van der Waals surface area contributed by atoms with Gasteiger partial charge in [-0.3, -0.25) is 19.4 Å². The lowest BCUT2D eigenvalue weighted by molar-refractivity contribution is -0.153. The van der Waals surface area contributed by atoms with Crippen LogP contribution >= 0.6 is 34.8 Å². The molecule has 0 aromatic rings. The third-order valence-electron chi connectivity index (χ3n) is 4.59. The van der Waals surface area contributed by atoms with Crippen LogP contribution in [0, 0.1) is 11.8 Å². The van der Waals surface area contributed by atoms with E-state index < -0.39 is 21.8 Å². The van der Waals surface area contributed by atoms with E-state index in [1.165, 1.54) is 5.01 Å². The topological polar surface area (TPSA) is 87.7 Å². The summed E-state index contributed by atoms with van der Waals surface area (Å²) in [5.74, 6) is -0.991. The second-order valence-electron chi connectivity index (χ2n) is 7.41. The van der Waals surface area contributed by atoms with E-state index in [9.17, 15) is 14.4 Å². The number of esters is 1. The number of hydrogen-bond donors (Lipinski definition) is 2. The Labute approximate surface area is 181 Å². The normalized spacial score (nSPS) is 19.9. The molecule has 0 unspecified atom stereocenters. The van der Waals surface area contributed by atoms with E-state index in [-0.39, 0.29) is 30.3 Å². The number of nitrogens with zero attached hydrogens (tertiary/aromatic N) is 1. The number of nitrogens with one attached hydrogen (secondary N) is 2. The van der Waals surface area contributed by atoms with Crippen molar-refractivity contribution in [1.82, 2.24) is 15.8 Å². The van der Waals surface area contributed by atoms with Crippen LogP contribution in [0.3, 0.4) is 0 Å². The highest BCUT2D eigenvalue weighted by Gasteiger charge is 2.33. The maximum atomic E-state index is 12.7. The summed E-state index contributed by atoms with van der Waals surface area (Å²) in [5, 5.41) is 4.14. The van der Waals surface area contributed by atoms with E-state index in [0.717, 1.165) is 12.8 Å². The predicted molar refractivity (Wildman–Crippen MR) is 110 cm³/mol. The van der Waals surface area contributed by atoms with Gasteiger partial charge in [0.05, 0.1) is 0 Å². The summed E-state index contributed by atoms with van der Waals surface area (Å²) in [4.78, 5) is 37.3. The minimum Gasteiger partial charge on any atom is -0.460 e. The number of carbonyl (C=O) groups is 3. The molecule has 0 saturated carbocycles. The second kappa shape index (κ2) is 11.4. The van der Waals surface area contributed by atoms with Gasteiger partial charge in [0, 0.05) is 12.5 Å². The van der Waals surface area contributed by atoms with E-state index in [1.807, 2.05) is 20.8 Å². The van der Waals surface area contributed by atoms with Crippen molar-refractivity contribution in [2.75, 3.05) is 13.2 Å². The highest BCUT2D eigenvalue weighted by atomic mass is 35.6. The summed E-state index contributed by atoms with van der Waals surface area (Å²) in [6, 6.07) is -1.43. The third-order valence-corrected chi connectivity index (χ3v) is 4.91. The van der Waals surface area contributed by atoms with Gasteiger partial charge in [0.15, 0.2) is 0 Å². The van der Waals surface area contributed by atoms with Crippen molar-refractivity contribution in [1.29, 1.82) is 0 Å². The molecule has 0 aromatic carbocycles. The van der Waals surface area contributed by atoms with Crippen molar-refractivity contribution >= 4 is 52.6 Å². The van der Waals surface area contributed by atoms with Crippen LogP contribution in [0.2, 0.25) is 0 Å². The third kappa shape index (κ3) is 8.31. The van der Waals surface area contributed by atoms with Crippen molar-refractivity contribution in [2.24, 2.45) is 11.8 Å². The van der Waals surface area contributed by atoms with Crippen LogP contribution in [0.5, 0.6) is 0 Å². The molecular formula is C18H30Cl3N3O4. The molecule has 1 heterocycles. The zero-order valence-electron chi connectivity index (χ0n) is 16.8. The summed E-state index contributed by atoms with van der Waals surface area (Å²) in [6.07, 6.45) is 2.76. The van der Waals surface area contributed by atoms with Crippen LogP contribution in [0.1, 0.15) is 53.4 Å². The van der Waals surface area contributed by atoms with Gasteiger partial charge in [-0.1, -0.05) is 62.0 Å². The van der Waals surface area contributed by atoms with E-state index >= 15 is 0 Å². The van der Waals surface area contributed by atoms with Gasteiger partial charge in [0.25, 0.3) is 5.91 Å². The SMILES string of the molecule is CCC[C@H](C(=O)N[C@@H](C)C(=O)N1CCC[C@@H](C(=O)OCC(Cl)(Cl)Cl)N1)C(C)C. The molecule has 3 atom stereocenters.